The molecule has 0 aliphatic heterocycles. The molecule has 1 N–H and O–H groups in total. The number of hydrogen-bond donors (Lipinski definition) is 1. The van der Waals surface area contributed by atoms with E-state index >= 15 is 0 Å². The zero-order valence-electron chi connectivity index (χ0n) is 9.63. The normalized spacial score (nSPS) is 15.4. The molecule has 0 aliphatic carbocycles. The predicted octanol–water partition coefficient (Wildman–Crippen LogP) is 3.55. The maximum absolute atomic E-state index is 3.46. The van der Waals surface area contributed by atoms with E-state index in [2.05, 4.69) is 45.1 Å². The van der Waals surface area contributed by atoms with Gasteiger partial charge in [-0.25, -0.2) is 0 Å². The Morgan fingerprint density at radius 1 is 1.36 bits per heavy atom. The summed E-state index contributed by atoms with van der Waals surface area (Å²) in [5.41, 5.74) is 0. The SMILES string of the molecule is CCNC(C)CC(C)c1ccc(C)s1. The zero-order valence-corrected chi connectivity index (χ0v) is 10.4. The van der Waals surface area contributed by atoms with E-state index in [1.807, 2.05) is 11.3 Å². The highest BCUT2D eigenvalue weighted by atomic mass is 32.1. The van der Waals surface area contributed by atoms with Crippen LogP contribution >= 0.6 is 11.3 Å². The Kier molecular flexibility index (Phi) is 4.63. The minimum absolute atomic E-state index is 0.623. The summed E-state index contributed by atoms with van der Waals surface area (Å²) in [5, 5.41) is 3.46. The summed E-state index contributed by atoms with van der Waals surface area (Å²) in [7, 11) is 0. The van der Waals surface area contributed by atoms with Gasteiger partial charge in [0.15, 0.2) is 0 Å². The number of hydrogen-bond acceptors (Lipinski definition) is 2. The van der Waals surface area contributed by atoms with Crippen molar-refractivity contribution in [2.24, 2.45) is 0 Å². The van der Waals surface area contributed by atoms with Crippen LogP contribution < -0.4 is 5.32 Å². The Morgan fingerprint density at radius 2 is 2.07 bits per heavy atom. The van der Waals surface area contributed by atoms with Gasteiger partial charge in [-0.05, 0) is 44.9 Å². The maximum atomic E-state index is 3.46. The highest BCUT2D eigenvalue weighted by Gasteiger charge is 2.11. The van der Waals surface area contributed by atoms with Gasteiger partial charge in [0.05, 0.1) is 0 Å². The van der Waals surface area contributed by atoms with Gasteiger partial charge in [-0.2, -0.15) is 0 Å². The second kappa shape index (κ2) is 5.52. The predicted molar refractivity (Wildman–Crippen MR) is 65.2 cm³/mol. The molecule has 1 aromatic heterocycles. The first-order chi connectivity index (χ1) is 6.63. The molecule has 0 aliphatic rings. The minimum atomic E-state index is 0.623. The van der Waals surface area contributed by atoms with Crippen LogP contribution in [0.5, 0.6) is 0 Å². The first-order valence-corrected chi connectivity index (χ1v) is 6.24. The molecule has 0 saturated heterocycles. The lowest BCUT2D eigenvalue weighted by Gasteiger charge is -2.16. The lowest BCUT2D eigenvalue weighted by molar-refractivity contribution is 0.494. The summed E-state index contributed by atoms with van der Waals surface area (Å²) >= 11 is 1.93. The third-order valence-electron chi connectivity index (χ3n) is 2.51. The van der Waals surface area contributed by atoms with Gasteiger partial charge in [-0.15, -0.1) is 11.3 Å². The monoisotopic (exact) mass is 211 g/mol. The van der Waals surface area contributed by atoms with E-state index in [4.69, 9.17) is 0 Å². The van der Waals surface area contributed by atoms with E-state index in [1.54, 1.807) is 0 Å². The summed E-state index contributed by atoms with van der Waals surface area (Å²) < 4.78 is 0. The van der Waals surface area contributed by atoms with Crippen molar-refractivity contribution in [3.05, 3.63) is 21.9 Å². The Morgan fingerprint density at radius 3 is 2.57 bits per heavy atom. The fourth-order valence-electron chi connectivity index (χ4n) is 1.80. The van der Waals surface area contributed by atoms with Crippen molar-refractivity contribution in [3.8, 4) is 0 Å². The second-order valence-electron chi connectivity index (χ2n) is 4.04. The van der Waals surface area contributed by atoms with Crippen LogP contribution in [0.1, 0.15) is 42.9 Å². The second-order valence-corrected chi connectivity index (χ2v) is 5.36. The summed E-state index contributed by atoms with van der Waals surface area (Å²) in [6, 6.07) is 5.11. The van der Waals surface area contributed by atoms with Crippen molar-refractivity contribution >= 4 is 11.3 Å². The topological polar surface area (TPSA) is 12.0 Å². The van der Waals surface area contributed by atoms with Crippen molar-refractivity contribution < 1.29 is 0 Å². The maximum Gasteiger partial charge on any atom is 0.00768 e. The average Bonchev–Trinajstić information content (AvgIpc) is 2.52. The zero-order chi connectivity index (χ0) is 10.6. The van der Waals surface area contributed by atoms with Crippen LogP contribution in [0, 0.1) is 6.92 Å². The Balaban J connectivity index is 2.45. The molecule has 0 spiro atoms. The average molecular weight is 211 g/mol. The summed E-state index contributed by atoms with van der Waals surface area (Å²) in [5.74, 6) is 0.683. The molecule has 0 fully saturated rings. The van der Waals surface area contributed by atoms with E-state index in [-0.39, 0.29) is 0 Å². The Labute approximate surface area is 91.5 Å². The largest absolute Gasteiger partial charge is 0.315 e. The molecule has 1 aromatic rings. The number of thiophene rings is 1. The molecular weight excluding hydrogens is 190 g/mol. The van der Waals surface area contributed by atoms with E-state index in [9.17, 15) is 0 Å². The molecule has 0 bridgehead atoms. The highest BCUT2D eigenvalue weighted by Crippen LogP contribution is 2.27. The standard InChI is InChI=1S/C12H21NS/c1-5-13-10(3)8-9(2)12-7-6-11(4)14-12/h6-7,9-10,13H,5,8H2,1-4H3. The van der Waals surface area contributed by atoms with Gasteiger partial charge in [0, 0.05) is 15.8 Å². The molecule has 2 unspecified atom stereocenters. The van der Waals surface area contributed by atoms with Crippen LogP contribution in [-0.4, -0.2) is 12.6 Å². The molecule has 0 aromatic carbocycles. The number of nitrogens with one attached hydrogen (secondary N) is 1. The van der Waals surface area contributed by atoms with E-state index in [1.165, 1.54) is 16.2 Å². The fraction of sp³-hybridized carbons (Fsp3) is 0.667. The third kappa shape index (κ3) is 3.43. The lowest BCUT2D eigenvalue weighted by Crippen LogP contribution is -2.26. The van der Waals surface area contributed by atoms with Gasteiger partial charge in [0.25, 0.3) is 0 Å². The Hall–Kier alpha value is -0.340. The van der Waals surface area contributed by atoms with Crippen LogP contribution in [0.15, 0.2) is 12.1 Å². The van der Waals surface area contributed by atoms with Gasteiger partial charge in [-0.3, -0.25) is 0 Å². The molecule has 14 heavy (non-hydrogen) atoms. The molecule has 0 amide bonds. The number of rotatable bonds is 5. The van der Waals surface area contributed by atoms with Gasteiger partial charge >= 0.3 is 0 Å². The van der Waals surface area contributed by atoms with Gasteiger partial charge in [0.1, 0.15) is 0 Å². The molecule has 1 heterocycles. The molecule has 1 nitrogen and oxygen atoms in total. The fourth-order valence-corrected chi connectivity index (χ4v) is 2.74. The molecule has 80 valence electrons. The quantitative estimate of drug-likeness (QED) is 0.785. The molecule has 1 rings (SSSR count). The van der Waals surface area contributed by atoms with Crippen LogP contribution in [0.25, 0.3) is 0 Å². The molecule has 2 heteroatoms. The van der Waals surface area contributed by atoms with Crippen molar-refractivity contribution in [1.29, 1.82) is 0 Å². The van der Waals surface area contributed by atoms with Crippen LogP contribution in [0.2, 0.25) is 0 Å². The minimum Gasteiger partial charge on any atom is -0.315 e. The van der Waals surface area contributed by atoms with Crippen molar-refractivity contribution in [1.82, 2.24) is 5.32 Å². The van der Waals surface area contributed by atoms with Crippen molar-refractivity contribution in [3.63, 3.8) is 0 Å². The van der Waals surface area contributed by atoms with E-state index < -0.39 is 0 Å². The molecule has 0 saturated carbocycles. The van der Waals surface area contributed by atoms with Gasteiger partial charge in [-0.1, -0.05) is 13.8 Å². The lowest BCUT2D eigenvalue weighted by atomic mass is 10.0. The first-order valence-electron chi connectivity index (χ1n) is 5.43. The third-order valence-corrected chi connectivity index (χ3v) is 3.74. The smallest absolute Gasteiger partial charge is 0.00768 e. The molecule has 0 radical (unpaired) electrons. The molecule has 2 atom stereocenters. The van der Waals surface area contributed by atoms with Crippen LogP contribution in [0.4, 0.5) is 0 Å². The van der Waals surface area contributed by atoms with Crippen LogP contribution in [0.3, 0.4) is 0 Å². The van der Waals surface area contributed by atoms with Crippen LogP contribution in [-0.2, 0) is 0 Å². The summed E-state index contributed by atoms with van der Waals surface area (Å²) in [6.07, 6.45) is 1.23. The highest BCUT2D eigenvalue weighted by molar-refractivity contribution is 7.12. The summed E-state index contributed by atoms with van der Waals surface area (Å²) in [4.78, 5) is 2.94. The van der Waals surface area contributed by atoms with Gasteiger partial charge < -0.3 is 5.32 Å². The number of aryl methyl sites for hydroxylation is 1. The van der Waals surface area contributed by atoms with E-state index in [0.717, 1.165) is 6.54 Å². The van der Waals surface area contributed by atoms with Crippen molar-refractivity contribution in [2.45, 2.75) is 46.1 Å². The Bertz CT molecular complexity index is 267. The first kappa shape index (κ1) is 11.7. The summed E-state index contributed by atoms with van der Waals surface area (Å²) in [6.45, 7) is 9.99. The molecular formula is C12H21NS. The van der Waals surface area contributed by atoms with E-state index in [0.29, 0.717) is 12.0 Å². The van der Waals surface area contributed by atoms with Gasteiger partial charge in [0.2, 0.25) is 0 Å². The van der Waals surface area contributed by atoms with Crippen molar-refractivity contribution in [2.75, 3.05) is 6.54 Å².